The standard InChI is InChI=1S/C30H31N7O5/c1-19-12-22(42-29-6-9-32-26(35-29)18-41-28-5-2-20(14-31)15-33-28)7-10-36(19)17-27-34-24-4-3-21(30(38)39)13-25(24)37(27)16-23-8-11-40-23/h2-6,9,13,15,19,22-23H,7-8,10-12,16-18H2,1H3,(H,38,39)/t19-,22-,23-/m0/s1. The van der Waals surface area contributed by atoms with Crippen molar-refractivity contribution >= 4 is 17.0 Å². The molecule has 3 aromatic heterocycles. The van der Waals surface area contributed by atoms with Crippen LogP contribution in [0.15, 0.2) is 48.8 Å². The number of rotatable bonds is 10. The SMILES string of the molecule is C[C@H]1C[C@@H](Oc2ccnc(COc3ccc(C#N)cn3)n2)CCN1Cc1nc2ccc(C(=O)O)cc2n1C[C@@H]1CCO1. The lowest BCUT2D eigenvalue weighted by Gasteiger charge is -2.37. The van der Waals surface area contributed by atoms with Gasteiger partial charge in [0.2, 0.25) is 11.8 Å². The van der Waals surface area contributed by atoms with E-state index in [9.17, 15) is 9.90 Å². The number of hydrogen-bond donors (Lipinski definition) is 1. The number of carboxylic acids is 1. The van der Waals surface area contributed by atoms with Gasteiger partial charge in [-0.15, -0.1) is 0 Å². The molecular formula is C30H31N7O5. The Morgan fingerprint density at radius 3 is 2.76 bits per heavy atom. The summed E-state index contributed by atoms with van der Waals surface area (Å²) < 4.78 is 19.7. The van der Waals surface area contributed by atoms with E-state index in [0.717, 1.165) is 49.3 Å². The first-order valence-electron chi connectivity index (χ1n) is 14.0. The monoisotopic (exact) mass is 569 g/mol. The number of likely N-dealkylation sites (tertiary alicyclic amines) is 1. The van der Waals surface area contributed by atoms with Gasteiger partial charge in [-0.25, -0.2) is 19.7 Å². The molecule has 1 N–H and O–H groups in total. The fourth-order valence-corrected chi connectivity index (χ4v) is 5.32. The van der Waals surface area contributed by atoms with Crippen molar-refractivity contribution in [3.8, 4) is 17.8 Å². The summed E-state index contributed by atoms with van der Waals surface area (Å²) in [6.07, 6.45) is 5.86. The van der Waals surface area contributed by atoms with Crippen LogP contribution in [-0.4, -0.2) is 71.9 Å². The number of aromatic carboxylic acids is 1. The number of hydrogen-bond acceptors (Lipinski definition) is 10. The number of carboxylic acid groups (broad SMARTS) is 1. The molecule has 2 saturated heterocycles. The molecule has 1 aromatic carbocycles. The van der Waals surface area contributed by atoms with Crippen molar-refractivity contribution in [2.75, 3.05) is 13.2 Å². The first-order valence-corrected chi connectivity index (χ1v) is 14.0. The number of fused-ring (bicyclic) bond motifs is 1. The fraction of sp³-hybridized carbons (Fsp3) is 0.400. The van der Waals surface area contributed by atoms with Crippen molar-refractivity contribution in [1.29, 1.82) is 5.26 Å². The molecule has 0 aliphatic carbocycles. The Hall–Kier alpha value is -4.60. The minimum Gasteiger partial charge on any atom is -0.478 e. The van der Waals surface area contributed by atoms with Gasteiger partial charge < -0.3 is 23.9 Å². The molecular weight excluding hydrogens is 538 g/mol. The molecule has 42 heavy (non-hydrogen) atoms. The Kier molecular flexibility index (Phi) is 7.94. The Bertz CT molecular complexity index is 1610. The molecule has 3 atom stereocenters. The van der Waals surface area contributed by atoms with Crippen LogP contribution in [0.3, 0.4) is 0 Å². The van der Waals surface area contributed by atoms with Crippen LogP contribution in [0, 0.1) is 11.3 Å². The molecule has 2 aliphatic heterocycles. The van der Waals surface area contributed by atoms with Crippen molar-refractivity contribution < 1.29 is 24.1 Å². The lowest BCUT2D eigenvalue weighted by molar-refractivity contribution is -0.0593. The van der Waals surface area contributed by atoms with Gasteiger partial charge in [0.15, 0.2) is 5.82 Å². The van der Waals surface area contributed by atoms with Gasteiger partial charge in [0.05, 0.1) is 41.4 Å². The van der Waals surface area contributed by atoms with E-state index in [1.165, 1.54) is 6.20 Å². The van der Waals surface area contributed by atoms with Crippen molar-refractivity contribution in [2.45, 2.75) is 64.1 Å². The minimum absolute atomic E-state index is 0.000398. The zero-order valence-electron chi connectivity index (χ0n) is 23.2. The second-order valence-electron chi connectivity index (χ2n) is 10.6. The van der Waals surface area contributed by atoms with E-state index in [4.69, 9.17) is 24.5 Å². The van der Waals surface area contributed by atoms with Crippen LogP contribution in [0.1, 0.15) is 53.8 Å². The molecule has 2 aliphatic rings. The van der Waals surface area contributed by atoms with E-state index >= 15 is 0 Å². The van der Waals surface area contributed by atoms with Crippen LogP contribution in [0.25, 0.3) is 11.0 Å². The number of nitrogens with zero attached hydrogens (tertiary/aromatic N) is 7. The molecule has 0 spiro atoms. The third-order valence-electron chi connectivity index (χ3n) is 7.75. The van der Waals surface area contributed by atoms with Gasteiger partial charge in [0.1, 0.15) is 24.6 Å². The zero-order valence-corrected chi connectivity index (χ0v) is 23.2. The van der Waals surface area contributed by atoms with Gasteiger partial charge in [-0.1, -0.05) is 0 Å². The highest BCUT2D eigenvalue weighted by Crippen LogP contribution is 2.27. The highest BCUT2D eigenvalue weighted by molar-refractivity contribution is 5.92. The van der Waals surface area contributed by atoms with Crippen LogP contribution >= 0.6 is 0 Å². The number of benzene rings is 1. The van der Waals surface area contributed by atoms with Crippen LogP contribution in [-0.2, 0) is 24.4 Å². The smallest absolute Gasteiger partial charge is 0.335 e. The average Bonchev–Trinajstić information content (AvgIpc) is 3.31. The van der Waals surface area contributed by atoms with Crippen LogP contribution in [0.5, 0.6) is 11.8 Å². The fourth-order valence-electron chi connectivity index (χ4n) is 5.32. The third-order valence-corrected chi connectivity index (χ3v) is 7.75. The van der Waals surface area contributed by atoms with Crippen LogP contribution in [0.2, 0.25) is 0 Å². The number of nitriles is 1. The molecule has 216 valence electrons. The Labute approximate surface area is 242 Å². The van der Waals surface area contributed by atoms with Gasteiger partial charge in [0.25, 0.3) is 0 Å². The van der Waals surface area contributed by atoms with E-state index in [-0.39, 0.29) is 30.4 Å². The molecule has 5 heterocycles. The average molecular weight is 570 g/mol. The van der Waals surface area contributed by atoms with Crippen molar-refractivity contribution in [3.63, 3.8) is 0 Å². The van der Waals surface area contributed by atoms with Gasteiger partial charge in [0, 0.05) is 43.7 Å². The summed E-state index contributed by atoms with van der Waals surface area (Å²) in [6, 6.07) is 12.4. The van der Waals surface area contributed by atoms with E-state index in [1.54, 1.807) is 42.6 Å². The normalized spacial score (nSPS) is 20.5. The predicted molar refractivity (Wildman–Crippen MR) is 150 cm³/mol. The summed E-state index contributed by atoms with van der Waals surface area (Å²) >= 11 is 0. The first-order chi connectivity index (χ1) is 20.4. The largest absolute Gasteiger partial charge is 0.478 e. The quantitative estimate of drug-likeness (QED) is 0.299. The van der Waals surface area contributed by atoms with Crippen LogP contribution in [0.4, 0.5) is 0 Å². The maximum absolute atomic E-state index is 11.6. The lowest BCUT2D eigenvalue weighted by atomic mass is 10.0. The van der Waals surface area contributed by atoms with Gasteiger partial charge in [-0.05, 0) is 50.5 Å². The molecule has 12 nitrogen and oxygen atoms in total. The highest BCUT2D eigenvalue weighted by atomic mass is 16.5. The molecule has 0 amide bonds. The number of imidazole rings is 1. The Balaban J connectivity index is 1.08. The number of carbonyl (C=O) groups is 1. The molecule has 0 bridgehead atoms. The Morgan fingerprint density at radius 1 is 1.17 bits per heavy atom. The summed E-state index contributed by atoms with van der Waals surface area (Å²) in [5.74, 6) is 1.32. The number of aromatic nitrogens is 5. The van der Waals surface area contributed by atoms with Crippen molar-refractivity contribution in [2.24, 2.45) is 0 Å². The van der Waals surface area contributed by atoms with Gasteiger partial charge in [-0.3, -0.25) is 4.90 Å². The molecule has 2 fully saturated rings. The molecule has 6 rings (SSSR count). The van der Waals surface area contributed by atoms with Gasteiger partial charge in [-0.2, -0.15) is 10.2 Å². The highest BCUT2D eigenvalue weighted by Gasteiger charge is 2.29. The van der Waals surface area contributed by atoms with Crippen molar-refractivity contribution in [3.05, 3.63) is 71.6 Å². The van der Waals surface area contributed by atoms with E-state index in [0.29, 0.717) is 36.2 Å². The second-order valence-corrected chi connectivity index (χ2v) is 10.6. The van der Waals surface area contributed by atoms with E-state index < -0.39 is 5.97 Å². The third kappa shape index (κ3) is 6.17. The lowest BCUT2D eigenvalue weighted by Crippen LogP contribution is -2.44. The zero-order chi connectivity index (χ0) is 29.1. The number of pyridine rings is 1. The Morgan fingerprint density at radius 2 is 2.05 bits per heavy atom. The molecule has 12 heteroatoms. The maximum atomic E-state index is 11.6. The van der Waals surface area contributed by atoms with Crippen molar-refractivity contribution in [1.82, 2.24) is 29.4 Å². The van der Waals surface area contributed by atoms with Crippen LogP contribution < -0.4 is 9.47 Å². The summed E-state index contributed by atoms with van der Waals surface area (Å²) in [5, 5.41) is 18.4. The summed E-state index contributed by atoms with van der Waals surface area (Å²) in [6.45, 7) is 5.20. The number of piperidine rings is 1. The minimum atomic E-state index is -0.951. The number of ether oxygens (including phenoxy) is 3. The maximum Gasteiger partial charge on any atom is 0.335 e. The van der Waals surface area contributed by atoms with E-state index in [2.05, 4.69) is 31.3 Å². The second kappa shape index (κ2) is 12.1. The molecule has 0 unspecified atom stereocenters. The summed E-state index contributed by atoms with van der Waals surface area (Å²) in [4.78, 5) is 31.8. The molecule has 4 aromatic rings. The summed E-state index contributed by atoms with van der Waals surface area (Å²) in [7, 11) is 0. The predicted octanol–water partition coefficient (Wildman–Crippen LogP) is 3.59. The first kappa shape index (κ1) is 27.6. The molecule has 0 radical (unpaired) electrons. The summed E-state index contributed by atoms with van der Waals surface area (Å²) in [5.41, 5.74) is 2.33. The molecule has 0 saturated carbocycles. The van der Waals surface area contributed by atoms with Gasteiger partial charge >= 0.3 is 5.97 Å². The topological polar surface area (TPSA) is 149 Å². The van der Waals surface area contributed by atoms with E-state index in [1.807, 2.05) is 6.07 Å².